The highest BCUT2D eigenvalue weighted by Gasteiger charge is 2.74. The molecule has 0 spiro atoms. The number of ether oxygens (including phenoxy) is 4. The summed E-state index contributed by atoms with van der Waals surface area (Å²) in [6, 6.07) is 19.3. The maximum absolute atomic E-state index is 13.9. The summed E-state index contributed by atoms with van der Waals surface area (Å²) in [5.74, 6) is -2.26. The molecule has 2 aliphatic rings. The quantitative estimate of drug-likeness (QED) is 0.0534. The number of carbonyl (C=O) groups is 6. The molecule has 0 aliphatic carbocycles. The summed E-state index contributed by atoms with van der Waals surface area (Å²) in [5, 5.41) is 7.58. The molecule has 53 heavy (non-hydrogen) atoms. The number of β-lactam (4-membered cyclic amide) rings is 1. The molecule has 0 radical (unpaired) electrons. The molecule has 18 heteroatoms. The fourth-order valence-corrected chi connectivity index (χ4v) is 7.72. The van der Waals surface area contributed by atoms with Gasteiger partial charge in [-0.1, -0.05) is 108 Å². The van der Waals surface area contributed by atoms with Gasteiger partial charge in [-0.2, -0.15) is 0 Å². The number of alkyl carbamates (subject to hydrolysis) is 1. The van der Waals surface area contributed by atoms with Gasteiger partial charge in [-0.05, 0) is 42.7 Å². The minimum atomic E-state index is -1.96. The highest BCUT2D eigenvalue weighted by molar-refractivity contribution is 8.02. The van der Waals surface area contributed by atoms with Gasteiger partial charge < -0.3 is 34.9 Å². The van der Waals surface area contributed by atoms with E-state index in [0.717, 1.165) is 22.9 Å². The molecule has 14 nitrogen and oxygen atoms in total. The van der Waals surface area contributed by atoms with Crippen molar-refractivity contribution in [3.05, 3.63) is 102 Å². The summed E-state index contributed by atoms with van der Waals surface area (Å²) in [6.45, 7) is 2.68. The first-order chi connectivity index (χ1) is 25.1. The molecule has 0 saturated carbocycles. The van der Waals surface area contributed by atoms with Gasteiger partial charge in [0.1, 0.15) is 37.7 Å². The predicted octanol–water partition coefficient (Wildman–Crippen LogP) is 4.90. The van der Waals surface area contributed by atoms with Crippen LogP contribution in [-0.4, -0.2) is 73.6 Å². The van der Waals surface area contributed by atoms with E-state index < -0.39 is 68.3 Å². The van der Waals surface area contributed by atoms with Crippen LogP contribution in [0.1, 0.15) is 36.6 Å². The number of esters is 1. The Labute approximate surface area is 323 Å². The molecule has 3 aromatic carbocycles. The van der Waals surface area contributed by atoms with E-state index in [1.807, 2.05) is 12.1 Å². The van der Waals surface area contributed by atoms with Crippen molar-refractivity contribution in [2.24, 2.45) is 0 Å². The number of alkyl halides is 3. The van der Waals surface area contributed by atoms with Crippen LogP contribution in [0.25, 0.3) is 0 Å². The summed E-state index contributed by atoms with van der Waals surface area (Å²) in [5.41, 5.74) is 1.63. The minimum absolute atomic E-state index is 0.0247. The number of hydrogen-bond donors (Lipinski definition) is 3. The van der Waals surface area contributed by atoms with Crippen LogP contribution in [0.5, 0.6) is 5.75 Å². The van der Waals surface area contributed by atoms with Crippen LogP contribution in [-0.2, 0) is 46.6 Å². The van der Waals surface area contributed by atoms with E-state index in [9.17, 15) is 28.8 Å². The summed E-state index contributed by atoms with van der Waals surface area (Å²) < 4.78 is 17.9. The zero-order chi connectivity index (χ0) is 38.4. The number of hydrogen-bond acceptors (Lipinski definition) is 11. The largest absolute Gasteiger partial charge is 0.514 e. The number of halogens is 3. The number of nitrogens with zero attached hydrogens (tertiary/aromatic N) is 1. The summed E-state index contributed by atoms with van der Waals surface area (Å²) >= 11 is 18.2. The molecule has 4 atom stereocenters. The molecule has 2 heterocycles. The molecule has 4 amide bonds. The van der Waals surface area contributed by atoms with Gasteiger partial charge in [0, 0.05) is 4.75 Å². The second-order valence-corrected chi connectivity index (χ2v) is 16.7. The van der Waals surface area contributed by atoms with Crippen LogP contribution in [0.15, 0.2) is 84.9 Å². The lowest BCUT2D eigenvalue weighted by Crippen LogP contribution is -2.82. The van der Waals surface area contributed by atoms with Gasteiger partial charge in [0.25, 0.3) is 5.91 Å². The normalized spacial score (nSPS) is 20.5. The Morgan fingerprint density at radius 1 is 0.887 bits per heavy atom. The number of fused-ring (bicyclic) bond motifs is 1. The third kappa shape index (κ3) is 9.46. The Balaban J connectivity index is 1.32. The van der Waals surface area contributed by atoms with Gasteiger partial charge in [-0.25, -0.2) is 14.4 Å². The number of carbonyl (C=O) groups excluding carboxylic acids is 6. The zero-order valence-electron chi connectivity index (χ0n) is 28.1. The van der Waals surface area contributed by atoms with Gasteiger partial charge in [0.05, 0.1) is 0 Å². The van der Waals surface area contributed by atoms with E-state index in [-0.39, 0.29) is 24.5 Å². The highest BCUT2D eigenvalue weighted by atomic mass is 35.6. The molecule has 0 bridgehead atoms. The van der Waals surface area contributed by atoms with E-state index in [1.165, 1.54) is 29.2 Å². The second kappa shape index (κ2) is 16.5. The van der Waals surface area contributed by atoms with Crippen LogP contribution in [0.3, 0.4) is 0 Å². The van der Waals surface area contributed by atoms with Crippen molar-refractivity contribution >= 4 is 83.0 Å². The van der Waals surface area contributed by atoms with Crippen molar-refractivity contribution in [1.82, 2.24) is 20.9 Å². The standard InChI is InChI=1S/C35H33Cl3N4O10S/c1-33(2)27(30(46)49-17-21-9-5-3-6-10-21)42-29(45)26(35(42,53-33)39-20-43)41-28(44)25(40-31(47)51-19-34(36,37)38)23-13-15-24(16-14-23)52-32(48)50-18-22-11-7-4-8-12-22/h3-16,20,25-27H,17-19H2,1-2H3,(H,39,43)(H,40,47)(H,41,44)/t25?,26-,27+,35?/m1/s1. The maximum Gasteiger partial charge on any atom is 0.514 e. The monoisotopic (exact) mass is 806 g/mol. The van der Waals surface area contributed by atoms with Gasteiger partial charge in [-0.3, -0.25) is 19.3 Å². The van der Waals surface area contributed by atoms with Crippen LogP contribution in [0.4, 0.5) is 9.59 Å². The van der Waals surface area contributed by atoms with Gasteiger partial charge in [-0.15, -0.1) is 11.8 Å². The average molecular weight is 808 g/mol. The van der Waals surface area contributed by atoms with Crippen molar-refractivity contribution < 1.29 is 47.7 Å². The number of nitrogens with one attached hydrogen (secondary N) is 3. The minimum Gasteiger partial charge on any atom is -0.459 e. The zero-order valence-corrected chi connectivity index (χ0v) is 31.2. The SMILES string of the molecule is CC1(C)SC2(NC=O)[C@H](NC(=O)C(NC(=O)OCC(Cl)(Cl)Cl)c3ccc(OC(=O)OCc4ccccc4)cc3)C(=O)N2[C@H]1C(=O)OCc1ccccc1. The Morgan fingerprint density at radius 2 is 1.47 bits per heavy atom. The molecule has 2 fully saturated rings. The van der Waals surface area contributed by atoms with Crippen molar-refractivity contribution in [1.29, 1.82) is 0 Å². The molecular formula is C35H33Cl3N4O10S. The number of thioether (sulfide) groups is 1. The van der Waals surface area contributed by atoms with Gasteiger partial charge in [0.2, 0.25) is 16.1 Å². The topological polar surface area (TPSA) is 179 Å². The summed E-state index contributed by atoms with van der Waals surface area (Å²) in [6.07, 6.45) is -1.78. The molecule has 0 aromatic heterocycles. The van der Waals surface area contributed by atoms with E-state index in [1.54, 1.807) is 62.4 Å². The molecule has 2 saturated heterocycles. The molecule has 280 valence electrons. The second-order valence-electron chi connectivity index (χ2n) is 12.3. The van der Waals surface area contributed by atoms with Crippen molar-refractivity contribution in [3.63, 3.8) is 0 Å². The van der Waals surface area contributed by atoms with E-state index in [2.05, 4.69) is 16.0 Å². The first kappa shape index (κ1) is 39.5. The van der Waals surface area contributed by atoms with Crippen molar-refractivity contribution in [2.45, 2.75) is 58.7 Å². The molecule has 5 rings (SSSR count). The Hall–Kier alpha value is -4.70. The van der Waals surface area contributed by atoms with E-state index >= 15 is 0 Å². The fourth-order valence-electron chi connectivity index (χ4n) is 5.76. The van der Waals surface area contributed by atoms with Crippen molar-refractivity contribution in [3.8, 4) is 5.75 Å². The molecule has 3 N–H and O–H groups in total. The molecule has 2 aliphatic heterocycles. The van der Waals surface area contributed by atoms with E-state index in [4.69, 9.17) is 53.8 Å². The van der Waals surface area contributed by atoms with Crippen LogP contribution >= 0.6 is 46.6 Å². The lowest BCUT2D eigenvalue weighted by molar-refractivity contribution is -0.174. The lowest BCUT2D eigenvalue weighted by atomic mass is 9.92. The first-order valence-corrected chi connectivity index (χ1v) is 17.8. The first-order valence-electron chi connectivity index (χ1n) is 15.9. The highest BCUT2D eigenvalue weighted by Crippen LogP contribution is 2.57. The maximum atomic E-state index is 13.9. The smallest absolute Gasteiger partial charge is 0.459 e. The van der Waals surface area contributed by atoms with Crippen molar-refractivity contribution in [2.75, 3.05) is 6.61 Å². The van der Waals surface area contributed by atoms with Crippen LogP contribution in [0.2, 0.25) is 0 Å². The molecule has 3 aromatic rings. The third-order valence-electron chi connectivity index (χ3n) is 8.07. The third-order valence-corrected chi connectivity index (χ3v) is 10.0. The molecular weight excluding hydrogens is 775 g/mol. The van der Waals surface area contributed by atoms with Crippen LogP contribution in [0, 0.1) is 0 Å². The number of amides is 4. The number of benzene rings is 3. The average Bonchev–Trinajstić information content (AvgIpc) is 3.34. The Kier molecular flexibility index (Phi) is 12.3. The van der Waals surface area contributed by atoms with Gasteiger partial charge in [0.15, 0.2) is 11.0 Å². The Bertz CT molecular complexity index is 1830. The predicted molar refractivity (Wildman–Crippen MR) is 194 cm³/mol. The summed E-state index contributed by atoms with van der Waals surface area (Å²) in [7, 11) is 0. The van der Waals surface area contributed by atoms with Crippen LogP contribution < -0.4 is 20.7 Å². The summed E-state index contributed by atoms with van der Waals surface area (Å²) in [4.78, 5) is 77.6. The lowest BCUT2D eigenvalue weighted by Gasteiger charge is -2.53. The Morgan fingerprint density at radius 3 is 2.04 bits per heavy atom. The molecule has 2 unspecified atom stereocenters. The fraction of sp³-hybridized carbons (Fsp3) is 0.314. The van der Waals surface area contributed by atoms with Gasteiger partial charge >= 0.3 is 18.2 Å². The van der Waals surface area contributed by atoms with E-state index in [0.29, 0.717) is 6.41 Å². The number of rotatable bonds is 13.